The van der Waals surface area contributed by atoms with Crippen molar-refractivity contribution in [2.45, 2.75) is 32.4 Å². The number of rotatable bonds is 3. The Morgan fingerprint density at radius 1 is 1.38 bits per heavy atom. The number of nitrogens with zero attached hydrogens (tertiary/aromatic N) is 2. The summed E-state index contributed by atoms with van der Waals surface area (Å²) in [7, 11) is 0. The molecule has 1 amide bonds. The molecule has 1 aromatic rings. The van der Waals surface area contributed by atoms with Crippen molar-refractivity contribution in [3.8, 4) is 6.07 Å². The topological polar surface area (TPSA) is 82.2 Å². The minimum Gasteiger partial charge on any atom is -0.401 e. The lowest BCUT2D eigenvalue weighted by Crippen LogP contribution is -2.73. The smallest absolute Gasteiger partial charge is 0.230 e. The van der Waals surface area contributed by atoms with Gasteiger partial charge in [0.2, 0.25) is 5.91 Å². The Balaban J connectivity index is 1.69. The predicted octanol–water partition coefficient (Wildman–Crippen LogP) is 2.02. The fourth-order valence-electron chi connectivity index (χ4n) is 5.49. The molecule has 0 saturated carbocycles. The van der Waals surface area contributed by atoms with Gasteiger partial charge in [0.1, 0.15) is 0 Å². The number of hydrogen-bond donors (Lipinski definition) is 2. The summed E-state index contributed by atoms with van der Waals surface area (Å²) >= 11 is 0. The average Bonchev–Trinajstić information content (AvgIpc) is 2.61. The van der Waals surface area contributed by atoms with Crippen molar-refractivity contribution in [3.63, 3.8) is 0 Å². The van der Waals surface area contributed by atoms with Crippen LogP contribution in [-0.2, 0) is 11.3 Å². The molecule has 2 bridgehead atoms. The third-order valence-corrected chi connectivity index (χ3v) is 6.59. The van der Waals surface area contributed by atoms with Crippen LogP contribution in [0.5, 0.6) is 0 Å². The lowest BCUT2D eigenvalue weighted by atomic mass is 9.53. The zero-order chi connectivity index (χ0) is 18.5. The molecule has 2 saturated heterocycles. The van der Waals surface area contributed by atoms with Crippen molar-refractivity contribution in [3.05, 3.63) is 47.2 Å². The predicted molar refractivity (Wildman–Crippen MR) is 99.3 cm³/mol. The Bertz CT molecular complexity index is 794. The molecule has 2 fully saturated rings. The molecule has 1 aliphatic carbocycles. The van der Waals surface area contributed by atoms with E-state index < -0.39 is 5.54 Å². The van der Waals surface area contributed by atoms with Crippen molar-refractivity contribution in [2.75, 3.05) is 13.1 Å². The number of benzene rings is 1. The van der Waals surface area contributed by atoms with E-state index in [0.29, 0.717) is 17.2 Å². The minimum atomic E-state index is -0.577. The third kappa shape index (κ3) is 2.36. The van der Waals surface area contributed by atoms with Crippen LogP contribution in [0.2, 0.25) is 0 Å². The molecule has 136 valence electrons. The normalized spacial score (nSPS) is 33.8. The summed E-state index contributed by atoms with van der Waals surface area (Å²) in [6.07, 6.45) is 0.746. The molecule has 0 unspecified atom stereocenters. The maximum Gasteiger partial charge on any atom is 0.230 e. The van der Waals surface area contributed by atoms with Crippen molar-refractivity contribution in [1.29, 1.82) is 5.26 Å². The summed E-state index contributed by atoms with van der Waals surface area (Å²) in [5, 5.41) is 13.0. The molecule has 5 nitrogen and oxygen atoms in total. The van der Waals surface area contributed by atoms with Gasteiger partial charge in [0.05, 0.1) is 23.1 Å². The number of nitrogens with two attached hydrogens (primary N) is 1. The Morgan fingerprint density at radius 3 is 2.77 bits per heavy atom. The lowest BCUT2D eigenvalue weighted by Gasteiger charge is -2.60. The summed E-state index contributed by atoms with van der Waals surface area (Å²) in [6.45, 7) is 6.97. The van der Waals surface area contributed by atoms with E-state index in [9.17, 15) is 10.1 Å². The Labute approximate surface area is 154 Å². The van der Waals surface area contributed by atoms with E-state index in [-0.39, 0.29) is 23.7 Å². The summed E-state index contributed by atoms with van der Waals surface area (Å²) in [4.78, 5) is 15.2. The van der Waals surface area contributed by atoms with Gasteiger partial charge in [-0.25, -0.2) is 0 Å². The van der Waals surface area contributed by atoms with Gasteiger partial charge < -0.3 is 11.1 Å². The van der Waals surface area contributed by atoms with Gasteiger partial charge in [-0.3, -0.25) is 9.69 Å². The zero-order valence-corrected chi connectivity index (χ0v) is 15.4. The first kappa shape index (κ1) is 17.1. The van der Waals surface area contributed by atoms with Gasteiger partial charge in [0.15, 0.2) is 0 Å². The van der Waals surface area contributed by atoms with Crippen LogP contribution in [0.3, 0.4) is 0 Å². The number of likely N-dealkylation sites (tertiary alicyclic amines) is 1. The molecule has 4 aliphatic rings. The summed E-state index contributed by atoms with van der Waals surface area (Å²) in [5.74, 6) is 0.385. The molecule has 4 atom stereocenters. The molecular weight excluding hydrogens is 324 g/mol. The molecule has 3 aliphatic heterocycles. The standard InChI is InChI=1S/C21H26N4O/c1-13(2)17-16-12-25(11-14-6-4-3-5-7-14)9-8-21(16)15(10-22)19(23)18(17)20(26)24-21/h3-7,13,16-18H,8-9,11-12,23H2,1-2H3,(H,24,26)/t16-,17+,18-,21-/m1/s1. The van der Waals surface area contributed by atoms with E-state index in [2.05, 4.69) is 54.4 Å². The van der Waals surface area contributed by atoms with Crippen LogP contribution >= 0.6 is 0 Å². The monoisotopic (exact) mass is 350 g/mol. The van der Waals surface area contributed by atoms with Crippen molar-refractivity contribution in [1.82, 2.24) is 10.2 Å². The molecule has 5 heteroatoms. The maximum atomic E-state index is 12.7. The fraction of sp³-hybridized carbons (Fsp3) is 0.524. The first-order valence-corrected chi connectivity index (χ1v) is 9.46. The highest BCUT2D eigenvalue weighted by atomic mass is 16.2. The van der Waals surface area contributed by atoms with Gasteiger partial charge >= 0.3 is 0 Å². The second-order valence-electron chi connectivity index (χ2n) is 8.28. The van der Waals surface area contributed by atoms with Gasteiger partial charge in [-0.1, -0.05) is 44.2 Å². The van der Waals surface area contributed by atoms with Gasteiger partial charge in [-0.05, 0) is 23.8 Å². The molecule has 26 heavy (non-hydrogen) atoms. The number of carbonyl (C=O) groups excluding carboxylic acids is 1. The summed E-state index contributed by atoms with van der Waals surface area (Å²) in [6, 6.07) is 12.8. The Kier molecular flexibility index (Phi) is 4.04. The number of hydrogen-bond acceptors (Lipinski definition) is 4. The van der Waals surface area contributed by atoms with E-state index in [1.807, 2.05) is 6.07 Å². The molecule has 0 aromatic heterocycles. The van der Waals surface area contributed by atoms with Crippen LogP contribution in [0.1, 0.15) is 25.8 Å². The van der Waals surface area contributed by atoms with Crippen LogP contribution in [0, 0.1) is 35.0 Å². The number of nitrogens with one attached hydrogen (secondary N) is 1. The number of nitriles is 1. The van der Waals surface area contributed by atoms with E-state index in [0.717, 1.165) is 26.1 Å². The number of amides is 1. The first-order chi connectivity index (χ1) is 12.5. The molecule has 0 radical (unpaired) electrons. The number of carbonyl (C=O) groups is 1. The molecule has 3 N–H and O–H groups in total. The van der Waals surface area contributed by atoms with Crippen molar-refractivity contribution in [2.24, 2.45) is 29.4 Å². The SMILES string of the molecule is CC(C)[C@@H]1[C@H]2C(=O)N[C@]3(CCN(Cc4ccccc4)C[C@H]13)C(C#N)=C2N. The average molecular weight is 350 g/mol. The lowest BCUT2D eigenvalue weighted by molar-refractivity contribution is -0.140. The molecule has 1 spiro atoms. The highest BCUT2D eigenvalue weighted by Crippen LogP contribution is 2.53. The van der Waals surface area contributed by atoms with Crippen LogP contribution in [-0.4, -0.2) is 29.4 Å². The molecule has 3 heterocycles. The van der Waals surface area contributed by atoms with Crippen LogP contribution in [0.15, 0.2) is 41.6 Å². The van der Waals surface area contributed by atoms with Gasteiger partial charge in [0, 0.05) is 31.2 Å². The Hall–Kier alpha value is -2.32. The van der Waals surface area contributed by atoms with Crippen LogP contribution < -0.4 is 11.1 Å². The van der Waals surface area contributed by atoms with Gasteiger partial charge in [-0.2, -0.15) is 5.26 Å². The second-order valence-corrected chi connectivity index (χ2v) is 8.28. The van der Waals surface area contributed by atoms with E-state index >= 15 is 0 Å². The van der Waals surface area contributed by atoms with Crippen LogP contribution in [0.4, 0.5) is 0 Å². The van der Waals surface area contributed by atoms with Crippen molar-refractivity contribution < 1.29 is 4.79 Å². The number of piperidine rings is 2. The quantitative estimate of drug-likeness (QED) is 0.874. The highest BCUT2D eigenvalue weighted by Gasteiger charge is 2.62. The first-order valence-electron chi connectivity index (χ1n) is 9.46. The number of fused-ring (bicyclic) bond motifs is 1. The van der Waals surface area contributed by atoms with Gasteiger partial charge in [-0.15, -0.1) is 0 Å². The van der Waals surface area contributed by atoms with E-state index in [1.54, 1.807) is 0 Å². The second kappa shape index (κ2) is 6.14. The highest BCUT2D eigenvalue weighted by molar-refractivity contribution is 5.87. The van der Waals surface area contributed by atoms with E-state index in [4.69, 9.17) is 5.73 Å². The molecule has 5 rings (SSSR count). The minimum absolute atomic E-state index is 0.00737. The van der Waals surface area contributed by atoms with Crippen LogP contribution in [0.25, 0.3) is 0 Å². The zero-order valence-electron chi connectivity index (χ0n) is 15.4. The van der Waals surface area contributed by atoms with E-state index in [1.165, 1.54) is 5.56 Å². The fourth-order valence-corrected chi connectivity index (χ4v) is 5.49. The third-order valence-electron chi connectivity index (χ3n) is 6.59. The van der Waals surface area contributed by atoms with Gasteiger partial charge in [0.25, 0.3) is 0 Å². The molecular formula is C21H26N4O. The summed E-state index contributed by atoms with van der Waals surface area (Å²) in [5.41, 5.74) is 8.19. The Morgan fingerprint density at radius 2 is 2.12 bits per heavy atom. The molecule has 1 aromatic carbocycles. The largest absolute Gasteiger partial charge is 0.401 e. The maximum absolute atomic E-state index is 12.7. The van der Waals surface area contributed by atoms with Crippen molar-refractivity contribution >= 4 is 5.91 Å². The summed E-state index contributed by atoms with van der Waals surface area (Å²) < 4.78 is 0.